The molecule has 0 aliphatic heterocycles. The quantitative estimate of drug-likeness (QED) is 0.348. The van der Waals surface area contributed by atoms with Crippen LogP contribution in [0.5, 0.6) is 0 Å². The highest BCUT2D eigenvalue weighted by Crippen LogP contribution is 2.17. The molecule has 0 radical (unpaired) electrons. The molecule has 5 nitrogen and oxygen atoms in total. The van der Waals surface area contributed by atoms with Gasteiger partial charge in [-0.25, -0.2) is 0 Å². The lowest BCUT2D eigenvalue weighted by atomic mass is 10.2. The van der Waals surface area contributed by atoms with Gasteiger partial charge < -0.3 is 10.9 Å². The highest BCUT2D eigenvalue weighted by molar-refractivity contribution is 6.31. The lowest BCUT2D eigenvalue weighted by Crippen LogP contribution is -2.26. The molecule has 6 heteroatoms. The molecule has 78 valence electrons. The fraction of sp³-hybridized carbons (Fsp3) is 0.500. The SMILES string of the molecule is CCC(C(N)=NO)n1cc(Cl)c(C)n1. The minimum absolute atomic E-state index is 0.131. The first kappa shape index (κ1) is 10.8. The van der Waals surface area contributed by atoms with Crippen LogP contribution in [0.25, 0.3) is 0 Å². The summed E-state index contributed by atoms with van der Waals surface area (Å²) in [5.41, 5.74) is 6.25. The molecule has 0 saturated carbocycles. The van der Waals surface area contributed by atoms with E-state index >= 15 is 0 Å². The van der Waals surface area contributed by atoms with Crippen molar-refractivity contribution in [2.24, 2.45) is 10.9 Å². The number of nitrogens with two attached hydrogens (primary N) is 1. The Morgan fingerprint density at radius 3 is 2.86 bits per heavy atom. The third-order valence-electron chi connectivity index (χ3n) is 2.02. The first-order valence-corrected chi connectivity index (χ1v) is 4.66. The Morgan fingerprint density at radius 2 is 2.50 bits per heavy atom. The molecule has 1 unspecified atom stereocenters. The van der Waals surface area contributed by atoms with Gasteiger partial charge in [-0.2, -0.15) is 5.10 Å². The van der Waals surface area contributed by atoms with Gasteiger partial charge in [0.05, 0.1) is 10.7 Å². The minimum atomic E-state index is -0.244. The fourth-order valence-corrected chi connectivity index (χ4v) is 1.36. The van der Waals surface area contributed by atoms with E-state index in [1.807, 2.05) is 6.92 Å². The van der Waals surface area contributed by atoms with Crippen molar-refractivity contribution in [2.75, 3.05) is 0 Å². The first-order chi connectivity index (χ1) is 6.60. The summed E-state index contributed by atoms with van der Waals surface area (Å²) < 4.78 is 1.60. The molecule has 0 fully saturated rings. The Kier molecular flexibility index (Phi) is 3.35. The Hall–Kier alpha value is -1.23. The van der Waals surface area contributed by atoms with Crippen LogP contribution >= 0.6 is 11.6 Å². The molecular weight excluding hydrogens is 204 g/mol. The van der Waals surface area contributed by atoms with E-state index in [0.717, 1.165) is 5.69 Å². The van der Waals surface area contributed by atoms with Crippen LogP contribution < -0.4 is 5.73 Å². The van der Waals surface area contributed by atoms with Crippen molar-refractivity contribution in [1.82, 2.24) is 9.78 Å². The molecule has 1 atom stereocenters. The van der Waals surface area contributed by atoms with Gasteiger partial charge in [0.1, 0.15) is 6.04 Å². The average Bonchev–Trinajstić information content (AvgIpc) is 2.48. The zero-order chi connectivity index (χ0) is 10.7. The van der Waals surface area contributed by atoms with E-state index < -0.39 is 0 Å². The standard InChI is InChI=1S/C8H13ClN4O/c1-3-7(8(10)12-14)13-4-6(9)5(2)11-13/h4,7,14H,3H2,1-2H3,(H2,10,12). The van der Waals surface area contributed by atoms with Crippen LogP contribution in [0.2, 0.25) is 5.02 Å². The molecule has 0 aromatic carbocycles. The third-order valence-corrected chi connectivity index (χ3v) is 2.39. The van der Waals surface area contributed by atoms with Crippen LogP contribution in [-0.4, -0.2) is 20.8 Å². The number of rotatable bonds is 3. The maximum Gasteiger partial charge on any atom is 0.164 e. The largest absolute Gasteiger partial charge is 0.409 e. The Labute approximate surface area is 87.2 Å². The van der Waals surface area contributed by atoms with Crippen molar-refractivity contribution in [3.63, 3.8) is 0 Å². The normalized spacial score (nSPS) is 14.4. The first-order valence-electron chi connectivity index (χ1n) is 4.28. The highest BCUT2D eigenvalue weighted by atomic mass is 35.5. The fourth-order valence-electron chi connectivity index (χ4n) is 1.22. The van der Waals surface area contributed by atoms with Gasteiger partial charge in [-0.1, -0.05) is 23.7 Å². The molecule has 1 aromatic rings. The summed E-state index contributed by atoms with van der Waals surface area (Å²) in [6.45, 7) is 3.73. The van der Waals surface area contributed by atoms with E-state index in [0.29, 0.717) is 11.4 Å². The smallest absolute Gasteiger partial charge is 0.164 e. The predicted octanol–water partition coefficient (Wildman–Crippen LogP) is 1.54. The predicted molar refractivity (Wildman–Crippen MR) is 54.7 cm³/mol. The van der Waals surface area contributed by atoms with Crippen LogP contribution in [-0.2, 0) is 0 Å². The second kappa shape index (κ2) is 4.32. The van der Waals surface area contributed by atoms with Crippen molar-refractivity contribution >= 4 is 17.4 Å². The topological polar surface area (TPSA) is 76.4 Å². The van der Waals surface area contributed by atoms with Gasteiger partial charge in [0, 0.05) is 6.20 Å². The molecule has 0 aliphatic carbocycles. The van der Waals surface area contributed by atoms with Gasteiger partial charge in [0.15, 0.2) is 5.84 Å². The minimum Gasteiger partial charge on any atom is -0.409 e. The second-order valence-corrected chi connectivity index (χ2v) is 3.40. The van der Waals surface area contributed by atoms with Gasteiger partial charge in [-0.3, -0.25) is 4.68 Å². The van der Waals surface area contributed by atoms with E-state index in [-0.39, 0.29) is 11.9 Å². The number of hydrogen-bond donors (Lipinski definition) is 2. The maximum absolute atomic E-state index is 8.56. The van der Waals surface area contributed by atoms with Gasteiger partial charge in [-0.15, -0.1) is 0 Å². The molecule has 0 bridgehead atoms. The van der Waals surface area contributed by atoms with Crippen molar-refractivity contribution in [1.29, 1.82) is 0 Å². The Balaban J connectivity index is 3.01. The average molecular weight is 217 g/mol. The zero-order valence-electron chi connectivity index (χ0n) is 8.11. The lowest BCUT2D eigenvalue weighted by Gasteiger charge is -2.12. The van der Waals surface area contributed by atoms with Gasteiger partial charge >= 0.3 is 0 Å². The molecule has 14 heavy (non-hydrogen) atoms. The summed E-state index contributed by atoms with van der Waals surface area (Å²) in [6, 6.07) is -0.244. The third kappa shape index (κ3) is 1.98. The Morgan fingerprint density at radius 1 is 1.86 bits per heavy atom. The van der Waals surface area contributed by atoms with Crippen molar-refractivity contribution in [3.05, 3.63) is 16.9 Å². The van der Waals surface area contributed by atoms with Gasteiger partial charge in [0.25, 0.3) is 0 Å². The molecule has 1 heterocycles. The summed E-state index contributed by atoms with van der Waals surface area (Å²) in [7, 11) is 0. The number of amidine groups is 1. The second-order valence-electron chi connectivity index (χ2n) is 2.99. The summed E-state index contributed by atoms with van der Waals surface area (Å²) in [5.74, 6) is 0.131. The lowest BCUT2D eigenvalue weighted by molar-refractivity contribution is 0.312. The Bertz CT molecular complexity index is 328. The summed E-state index contributed by atoms with van der Waals surface area (Å²) in [5, 5.41) is 16.3. The molecule has 0 aliphatic rings. The molecule has 0 saturated heterocycles. The zero-order valence-corrected chi connectivity index (χ0v) is 8.86. The molecule has 1 aromatic heterocycles. The number of oxime groups is 1. The number of halogens is 1. The maximum atomic E-state index is 8.56. The van der Waals surface area contributed by atoms with E-state index in [2.05, 4.69) is 10.3 Å². The van der Waals surface area contributed by atoms with E-state index in [9.17, 15) is 0 Å². The van der Waals surface area contributed by atoms with Crippen molar-refractivity contribution in [2.45, 2.75) is 26.3 Å². The summed E-state index contributed by atoms with van der Waals surface area (Å²) >= 11 is 5.85. The van der Waals surface area contributed by atoms with E-state index in [1.54, 1.807) is 17.8 Å². The molecular formula is C8H13ClN4O. The monoisotopic (exact) mass is 216 g/mol. The van der Waals surface area contributed by atoms with Crippen LogP contribution in [0.3, 0.4) is 0 Å². The van der Waals surface area contributed by atoms with Crippen LogP contribution in [0.4, 0.5) is 0 Å². The number of nitrogens with zero attached hydrogens (tertiary/aromatic N) is 3. The highest BCUT2D eigenvalue weighted by Gasteiger charge is 2.16. The van der Waals surface area contributed by atoms with Gasteiger partial charge in [0.2, 0.25) is 0 Å². The van der Waals surface area contributed by atoms with Crippen LogP contribution in [0, 0.1) is 6.92 Å². The van der Waals surface area contributed by atoms with E-state index in [1.165, 1.54) is 0 Å². The number of aromatic nitrogens is 2. The van der Waals surface area contributed by atoms with Crippen LogP contribution in [0.1, 0.15) is 25.1 Å². The number of hydrogen-bond acceptors (Lipinski definition) is 3. The molecule has 3 N–H and O–H groups in total. The van der Waals surface area contributed by atoms with E-state index in [4.69, 9.17) is 22.5 Å². The van der Waals surface area contributed by atoms with Crippen LogP contribution in [0.15, 0.2) is 11.4 Å². The number of aryl methyl sites for hydroxylation is 1. The molecule has 0 spiro atoms. The summed E-state index contributed by atoms with van der Waals surface area (Å²) in [6.07, 6.45) is 2.36. The summed E-state index contributed by atoms with van der Waals surface area (Å²) in [4.78, 5) is 0. The van der Waals surface area contributed by atoms with Gasteiger partial charge in [-0.05, 0) is 13.3 Å². The van der Waals surface area contributed by atoms with Crippen molar-refractivity contribution < 1.29 is 5.21 Å². The van der Waals surface area contributed by atoms with Crippen molar-refractivity contribution in [3.8, 4) is 0 Å². The molecule has 1 rings (SSSR count). The molecule has 0 amide bonds.